The minimum Gasteiger partial charge on any atom is -0.354 e. The van der Waals surface area contributed by atoms with E-state index in [0.29, 0.717) is 6.04 Å². The monoisotopic (exact) mass is 252 g/mol. The molecule has 1 aliphatic carbocycles. The third-order valence-corrected chi connectivity index (χ3v) is 3.96. The SMILES string of the molecule is CN=C(NCc1nc(C)cs1)NC1CCCC1. The van der Waals surface area contributed by atoms with E-state index >= 15 is 0 Å². The molecule has 1 aliphatic rings. The van der Waals surface area contributed by atoms with Gasteiger partial charge in [0.15, 0.2) is 5.96 Å². The fraction of sp³-hybridized carbons (Fsp3) is 0.667. The molecule has 2 N–H and O–H groups in total. The Labute approximate surface area is 107 Å². The number of guanidine groups is 1. The smallest absolute Gasteiger partial charge is 0.191 e. The molecule has 0 unspecified atom stereocenters. The molecule has 1 saturated carbocycles. The summed E-state index contributed by atoms with van der Waals surface area (Å²) in [7, 11) is 1.82. The zero-order chi connectivity index (χ0) is 12.1. The summed E-state index contributed by atoms with van der Waals surface area (Å²) in [5, 5.41) is 9.95. The highest BCUT2D eigenvalue weighted by Gasteiger charge is 2.15. The Morgan fingerprint density at radius 1 is 1.53 bits per heavy atom. The van der Waals surface area contributed by atoms with E-state index in [1.165, 1.54) is 25.7 Å². The number of nitrogens with zero attached hydrogens (tertiary/aromatic N) is 2. The number of nitrogens with one attached hydrogen (secondary N) is 2. The lowest BCUT2D eigenvalue weighted by Crippen LogP contribution is -2.41. The molecule has 4 nitrogen and oxygen atoms in total. The zero-order valence-corrected chi connectivity index (χ0v) is 11.3. The van der Waals surface area contributed by atoms with Gasteiger partial charge in [0, 0.05) is 24.2 Å². The maximum absolute atomic E-state index is 4.42. The second-order valence-electron chi connectivity index (χ2n) is 4.43. The lowest BCUT2D eigenvalue weighted by Gasteiger charge is -2.16. The van der Waals surface area contributed by atoms with Gasteiger partial charge in [-0.15, -0.1) is 11.3 Å². The van der Waals surface area contributed by atoms with Gasteiger partial charge in [0.25, 0.3) is 0 Å². The first kappa shape index (κ1) is 12.4. The molecule has 0 bridgehead atoms. The molecular weight excluding hydrogens is 232 g/mol. The predicted molar refractivity (Wildman–Crippen MR) is 72.4 cm³/mol. The molecule has 5 heteroatoms. The highest BCUT2D eigenvalue weighted by molar-refractivity contribution is 7.09. The summed E-state index contributed by atoms with van der Waals surface area (Å²) in [6, 6.07) is 0.597. The van der Waals surface area contributed by atoms with Crippen LogP contribution in [0.2, 0.25) is 0 Å². The van der Waals surface area contributed by atoms with Crippen molar-refractivity contribution in [3.05, 3.63) is 16.1 Å². The van der Waals surface area contributed by atoms with Gasteiger partial charge in [-0.05, 0) is 19.8 Å². The summed E-state index contributed by atoms with van der Waals surface area (Å²) in [6.07, 6.45) is 5.19. The van der Waals surface area contributed by atoms with Crippen molar-refractivity contribution in [1.82, 2.24) is 15.6 Å². The van der Waals surface area contributed by atoms with Crippen LogP contribution in [-0.4, -0.2) is 24.0 Å². The molecule has 0 amide bonds. The van der Waals surface area contributed by atoms with Crippen molar-refractivity contribution in [3.63, 3.8) is 0 Å². The van der Waals surface area contributed by atoms with Gasteiger partial charge in [-0.2, -0.15) is 0 Å². The second kappa shape index (κ2) is 6.00. The summed E-state index contributed by atoms with van der Waals surface area (Å²) < 4.78 is 0. The highest BCUT2D eigenvalue weighted by atomic mass is 32.1. The van der Waals surface area contributed by atoms with E-state index in [4.69, 9.17) is 0 Å². The van der Waals surface area contributed by atoms with Crippen molar-refractivity contribution >= 4 is 17.3 Å². The molecule has 0 saturated heterocycles. The van der Waals surface area contributed by atoms with Crippen LogP contribution in [0.5, 0.6) is 0 Å². The fourth-order valence-electron chi connectivity index (χ4n) is 2.10. The van der Waals surface area contributed by atoms with Crippen LogP contribution in [0.3, 0.4) is 0 Å². The van der Waals surface area contributed by atoms with Crippen LogP contribution >= 0.6 is 11.3 Å². The van der Waals surface area contributed by atoms with Crippen LogP contribution in [0.25, 0.3) is 0 Å². The maximum atomic E-state index is 4.42. The first-order valence-electron chi connectivity index (χ1n) is 6.16. The summed E-state index contributed by atoms with van der Waals surface area (Å²) in [4.78, 5) is 8.67. The van der Waals surface area contributed by atoms with E-state index in [1.807, 2.05) is 14.0 Å². The number of aliphatic imine (C=N–C) groups is 1. The first-order chi connectivity index (χ1) is 8.28. The Hall–Kier alpha value is -1.10. The van der Waals surface area contributed by atoms with Gasteiger partial charge in [-0.1, -0.05) is 12.8 Å². The first-order valence-corrected chi connectivity index (χ1v) is 7.04. The number of rotatable bonds is 3. The topological polar surface area (TPSA) is 49.3 Å². The molecule has 2 rings (SSSR count). The Kier molecular flexibility index (Phi) is 4.36. The van der Waals surface area contributed by atoms with Crippen LogP contribution in [0.1, 0.15) is 36.4 Å². The van der Waals surface area contributed by atoms with Crippen LogP contribution in [0.4, 0.5) is 0 Å². The van der Waals surface area contributed by atoms with E-state index in [-0.39, 0.29) is 0 Å². The van der Waals surface area contributed by atoms with Gasteiger partial charge in [-0.25, -0.2) is 4.98 Å². The standard InChI is InChI=1S/C12H20N4S/c1-9-8-17-11(15-9)7-14-12(13-2)16-10-5-3-4-6-10/h8,10H,3-7H2,1-2H3,(H2,13,14,16). The Morgan fingerprint density at radius 2 is 2.29 bits per heavy atom. The third kappa shape index (κ3) is 3.70. The molecule has 1 aromatic heterocycles. The Bertz CT molecular complexity index is 380. The van der Waals surface area contributed by atoms with Gasteiger partial charge < -0.3 is 10.6 Å². The largest absolute Gasteiger partial charge is 0.354 e. The fourth-order valence-corrected chi connectivity index (χ4v) is 2.81. The number of hydrogen-bond donors (Lipinski definition) is 2. The Morgan fingerprint density at radius 3 is 2.88 bits per heavy atom. The molecular formula is C12H20N4S. The Balaban J connectivity index is 1.79. The van der Waals surface area contributed by atoms with Crippen LogP contribution in [-0.2, 0) is 6.54 Å². The van der Waals surface area contributed by atoms with Gasteiger partial charge in [0.2, 0.25) is 0 Å². The van der Waals surface area contributed by atoms with Crippen molar-refractivity contribution in [2.24, 2.45) is 4.99 Å². The molecule has 17 heavy (non-hydrogen) atoms. The van der Waals surface area contributed by atoms with Crippen LogP contribution < -0.4 is 10.6 Å². The molecule has 0 spiro atoms. The predicted octanol–water partition coefficient (Wildman–Crippen LogP) is 2.06. The summed E-state index contributed by atoms with van der Waals surface area (Å²) in [5.74, 6) is 0.893. The average Bonchev–Trinajstić information content (AvgIpc) is 2.96. The number of aromatic nitrogens is 1. The maximum Gasteiger partial charge on any atom is 0.191 e. The molecule has 0 radical (unpaired) electrons. The van der Waals surface area contributed by atoms with Crippen LogP contribution in [0, 0.1) is 6.92 Å². The van der Waals surface area contributed by atoms with E-state index < -0.39 is 0 Å². The van der Waals surface area contributed by atoms with Crippen LogP contribution in [0.15, 0.2) is 10.4 Å². The molecule has 1 fully saturated rings. The van der Waals surface area contributed by atoms with Crippen molar-refractivity contribution in [2.75, 3.05) is 7.05 Å². The van der Waals surface area contributed by atoms with Crippen molar-refractivity contribution in [3.8, 4) is 0 Å². The van der Waals surface area contributed by atoms with E-state index in [2.05, 4.69) is 26.0 Å². The lowest BCUT2D eigenvalue weighted by molar-refractivity contribution is 0.613. The summed E-state index contributed by atoms with van der Waals surface area (Å²) in [6.45, 7) is 2.77. The minimum absolute atomic E-state index is 0.597. The quantitative estimate of drug-likeness (QED) is 0.639. The van der Waals surface area contributed by atoms with Gasteiger partial charge >= 0.3 is 0 Å². The van der Waals surface area contributed by atoms with Gasteiger partial charge in [0.05, 0.1) is 6.54 Å². The summed E-state index contributed by atoms with van der Waals surface area (Å²) >= 11 is 1.69. The molecule has 0 atom stereocenters. The van der Waals surface area contributed by atoms with Gasteiger partial charge in [-0.3, -0.25) is 4.99 Å². The highest BCUT2D eigenvalue weighted by Crippen LogP contribution is 2.17. The minimum atomic E-state index is 0.597. The van der Waals surface area contributed by atoms with E-state index in [9.17, 15) is 0 Å². The van der Waals surface area contributed by atoms with Crippen molar-refractivity contribution in [1.29, 1.82) is 0 Å². The number of hydrogen-bond acceptors (Lipinski definition) is 3. The van der Waals surface area contributed by atoms with Crippen molar-refractivity contribution in [2.45, 2.75) is 45.2 Å². The molecule has 0 aromatic carbocycles. The van der Waals surface area contributed by atoms with Crippen molar-refractivity contribution < 1.29 is 0 Å². The van der Waals surface area contributed by atoms with E-state index in [0.717, 1.165) is 23.2 Å². The number of aryl methyl sites for hydroxylation is 1. The third-order valence-electron chi connectivity index (χ3n) is 2.99. The number of thiazole rings is 1. The lowest BCUT2D eigenvalue weighted by atomic mass is 10.2. The molecule has 1 heterocycles. The normalized spacial score (nSPS) is 17.4. The molecule has 1 aromatic rings. The zero-order valence-electron chi connectivity index (χ0n) is 10.5. The van der Waals surface area contributed by atoms with Gasteiger partial charge in [0.1, 0.15) is 5.01 Å². The second-order valence-corrected chi connectivity index (χ2v) is 5.38. The average molecular weight is 252 g/mol. The summed E-state index contributed by atoms with van der Waals surface area (Å²) in [5.41, 5.74) is 1.09. The van der Waals surface area contributed by atoms with E-state index in [1.54, 1.807) is 11.3 Å². The molecule has 94 valence electrons. The molecule has 0 aliphatic heterocycles.